The zero-order chi connectivity index (χ0) is 62.4. The fraction of sp³-hybridized carbons (Fsp3) is 0.368. The molecule has 0 saturated carbocycles. The van der Waals surface area contributed by atoms with Crippen LogP contribution in [0.4, 0.5) is 0 Å². The molecule has 6 aromatic rings. The first-order chi connectivity index (χ1) is 39.3. The van der Waals surface area contributed by atoms with E-state index in [0.29, 0.717) is 53.8 Å². The van der Waals surface area contributed by atoms with Crippen LogP contribution in [0, 0.1) is 0 Å². The Morgan fingerprint density at radius 2 is 0.517 bits per heavy atom. The van der Waals surface area contributed by atoms with Gasteiger partial charge in [0.15, 0.2) is 15.0 Å². The third-order valence-corrected chi connectivity index (χ3v) is 23.1. The molecule has 462 valence electrons. The van der Waals surface area contributed by atoms with E-state index in [1.54, 1.807) is 72.8 Å². The monoisotopic (exact) mass is 1400 g/mol. The zero-order valence-electron chi connectivity index (χ0n) is 49.6. The van der Waals surface area contributed by atoms with Crippen LogP contribution in [-0.2, 0) is 82.6 Å². The summed E-state index contributed by atoms with van der Waals surface area (Å²) in [5, 5.41) is 0. The molecule has 0 radical (unpaired) electrons. The van der Waals surface area contributed by atoms with E-state index in [2.05, 4.69) is 20.8 Å². The third kappa shape index (κ3) is 33.2. The Morgan fingerprint density at radius 1 is 0.345 bits per heavy atom. The maximum Gasteiger partial charge on any atom is 1.00 e. The van der Waals surface area contributed by atoms with Crippen LogP contribution in [0.25, 0.3) is 0 Å². The molecule has 3 atom stereocenters. The van der Waals surface area contributed by atoms with E-state index in [9.17, 15) is 52.6 Å². The summed E-state index contributed by atoms with van der Waals surface area (Å²) in [5.41, 5.74) is 5.98. The van der Waals surface area contributed by atoms with Crippen molar-refractivity contribution in [1.29, 1.82) is 0 Å². The molecule has 87 heavy (non-hydrogen) atoms. The van der Waals surface area contributed by atoms with Crippen LogP contribution in [0.1, 0.15) is 112 Å². The topological polar surface area (TPSA) is 372 Å². The number of rotatable bonds is 30. The summed E-state index contributed by atoms with van der Waals surface area (Å²) in [5.74, 6) is 3.95. The molecule has 0 saturated heterocycles. The second-order valence-corrected chi connectivity index (χ2v) is 30.8. The quantitative estimate of drug-likeness (QED) is 0.0214. The summed E-state index contributed by atoms with van der Waals surface area (Å²) in [6.45, 7) is 6.31. The molecular formula is C57H72K3O21P3S3. The smallest absolute Gasteiger partial charge is 0.747 e. The Hall–Kier alpha value is -0.191. The molecule has 0 aliphatic heterocycles. The molecule has 0 heterocycles. The molecule has 0 bridgehead atoms. The van der Waals surface area contributed by atoms with E-state index < -0.39 is 87.4 Å². The van der Waals surface area contributed by atoms with Gasteiger partial charge in [-0.05, 0) is 183 Å². The molecular weight excluding hydrogens is 1330 g/mol. The Labute approximate surface area is 639 Å². The van der Waals surface area contributed by atoms with Gasteiger partial charge in [-0.15, -0.1) is 0 Å². The third-order valence-electron chi connectivity index (χ3n) is 12.6. The predicted octanol–water partition coefficient (Wildman–Crippen LogP) is 2.42. The van der Waals surface area contributed by atoms with Crippen LogP contribution in [-0.4, -0.2) is 83.2 Å². The first kappa shape index (κ1) is 84.8. The summed E-state index contributed by atoms with van der Waals surface area (Å²) in [6, 6.07) is 44.8. The number of benzene rings is 6. The summed E-state index contributed by atoms with van der Waals surface area (Å²) in [4.78, 5) is 47.9. The maximum absolute atomic E-state index is 11.2. The van der Waals surface area contributed by atoms with Gasteiger partial charge < -0.3 is 57.2 Å². The van der Waals surface area contributed by atoms with E-state index in [4.69, 9.17) is 43.6 Å². The van der Waals surface area contributed by atoms with Crippen molar-refractivity contribution in [2.45, 2.75) is 132 Å². The van der Waals surface area contributed by atoms with Gasteiger partial charge in [0.1, 0.15) is 64.9 Å². The van der Waals surface area contributed by atoms with E-state index >= 15 is 0 Å². The number of hydrogen-bond acceptors (Lipinski definition) is 15. The van der Waals surface area contributed by atoms with Gasteiger partial charge in [-0.3, -0.25) is 13.7 Å². The Balaban J connectivity index is 0.000000641. The van der Waals surface area contributed by atoms with Crippen LogP contribution >= 0.6 is 22.8 Å². The molecule has 0 spiro atoms. The Morgan fingerprint density at radius 3 is 0.667 bits per heavy atom. The second-order valence-electron chi connectivity index (χ2n) is 19.7. The first-order valence-corrected chi connectivity index (χ1v) is 36.3. The van der Waals surface area contributed by atoms with Crippen LogP contribution in [0.15, 0.2) is 146 Å². The van der Waals surface area contributed by atoms with Crippen LogP contribution < -0.4 is 168 Å². The van der Waals surface area contributed by atoms with Gasteiger partial charge in [0, 0.05) is 0 Å². The first-order valence-electron chi connectivity index (χ1n) is 26.8. The Kier molecular flexibility index (Phi) is 39.9. The summed E-state index contributed by atoms with van der Waals surface area (Å²) in [7, 11) is -30.2. The molecule has 3 unspecified atom stereocenters. The fourth-order valence-corrected chi connectivity index (χ4v) is 15.7. The van der Waals surface area contributed by atoms with Crippen LogP contribution in [0.2, 0.25) is 0 Å². The van der Waals surface area contributed by atoms with E-state index in [1.165, 1.54) is 16.7 Å². The fourth-order valence-electron chi connectivity index (χ4n) is 8.75. The molecule has 0 fully saturated rings. The number of ether oxygens (including phenoxy) is 3. The SMILES string of the molecule is CCCc1cccc(Oc2cccc(CCCC(P(=O)(O)O)S(=O)(=O)[O-])c2)c1.CCCc1cccc(Oc2cccc(CCCC(P(=O)(O)O)S(=O)(=O)[O-])c2)c1.CCCc1cccc(Oc2cccc(CCCC(P(=O)(O)O)S(=O)(=O)[O-])c2)c1.[K+].[K+].[K+]. The van der Waals surface area contributed by atoms with Gasteiger partial charge in [0.2, 0.25) is 0 Å². The summed E-state index contributed by atoms with van der Waals surface area (Å²) < 4.78 is 151. The average molecular weight is 1400 g/mol. The average Bonchev–Trinajstić information content (AvgIpc) is 3.27. The van der Waals surface area contributed by atoms with Gasteiger partial charge in [-0.2, -0.15) is 0 Å². The van der Waals surface area contributed by atoms with Crippen LogP contribution in [0.3, 0.4) is 0 Å². The van der Waals surface area contributed by atoms with E-state index in [1.807, 2.05) is 72.8 Å². The molecule has 0 aromatic heterocycles. The largest absolute Gasteiger partial charge is 1.00 e. The Bertz CT molecular complexity index is 3200. The van der Waals surface area contributed by atoms with Gasteiger partial charge >= 0.3 is 177 Å². The predicted molar refractivity (Wildman–Crippen MR) is 316 cm³/mol. The number of aryl methyl sites for hydroxylation is 6. The molecule has 0 aliphatic carbocycles. The van der Waals surface area contributed by atoms with Gasteiger partial charge in [-0.1, -0.05) is 113 Å². The van der Waals surface area contributed by atoms with Crippen molar-refractivity contribution in [2.75, 3.05) is 0 Å². The van der Waals surface area contributed by atoms with E-state index in [0.717, 1.165) is 55.2 Å². The standard InChI is InChI=1S/3C19H25O7PS.3K/c3*1-2-6-15-7-3-10-17(13-15)26-18-11-4-8-16(14-18)9-5-12-19(27(20,21)22)28(23,24)25;;;/h3*3-4,7-8,10-11,13-14,19H,2,5-6,9,12H2,1H3,(H2,20,21,22)(H,23,24,25);;;/q;;;3*+1/p-3. The van der Waals surface area contributed by atoms with Gasteiger partial charge in [-0.25, -0.2) is 25.3 Å². The molecule has 6 aromatic carbocycles. The molecule has 30 heteroatoms. The molecule has 6 N–H and O–H groups in total. The van der Waals surface area contributed by atoms with Crippen molar-refractivity contribution in [3.8, 4) is 34.5 Å². The summed E-state index contributed by atoms with van der Waals surface area (Å²) in [6.07, 6.45) is 6.29. The normalized spacial score (nSPS) is 12.8. The van der Waals surface area contributed by atoms with Crippen molar-refractivity contribution < 1.29 is 250 Å². The van der Waals surface area contributed by atoms with Crippen molar-refractivity contribution in [3.05, 3.63) is 179 Å². The van der Waals surface area contributed by atoms with Crippen molar-refractivity contribution in [2.24, 2.45) is 0 Å². The molecule has 0 aliphatic rings. The zero-order valence-corrected chi connectivity index (χ0v) is 64.1. The van der Waals surface area contributed by atoms with Crippen molar-refractivity contribution in [1.82, 2.24) is 0 Å². The second kappa shape index (κ2) is 40.9. The van der Waals surface area contributed by atoms with E-state index in [-0.39, 0.29) is 173 Å². The molecule has 21 nitrogen and oxygen atoms in total. The van der Waals surface area contributed by atoms with Gasteiger partial charge in [0.05, 0.1) is 0 Å². The minimum absolute atomic E-state index is 0. The summed E-state index contributed by atoms with van der Waals surface area (Å²) >= 11 is 0. The van der Waals surface area contributed by atoms with Crippen LogP contribution in [0.5, 0.6) is 34.5 Å². The minimum Gasteiger partial charge on any atom is -0.747 e. The van der Waals surface area contributed by atoms with Crippen molar-refractivity contribution >= 4 is 53.1 Å². The maximum atomic E-state index is 11.2. The van der Waals surface area contributed by atoms with Crippen molar-refractivity contribution in [3.63, 3.8) is 0 Å². The minimum atomic E-state index is -5.07. The van der Waals surface area contributed by atoms with Gasteiger partial charge in [0.25, 0.3) is 0 Å². The molecule has 6 rings (SSSR count). The molecule has 0 amide bonds. The number of hydrogen-bond donors (Lipinski definition) is 6.